The highest BCUT2D eigenvalue weighted by Gasteiger charge is 2.23. The zero-order chi connectivity index (χ0) is 14.7. The summed E-state index contributed by atoms with van der Waals surface area (Å²) in [7, 11) is 2.01. The number of thioether (sulfide) groups is 1. The maximum atomic E-state index is 5.82. The predicted molar refractivity (Wildman–Crippen MR) is 89.2 cm³/mol. The van der Waals surface area contributed by atoms with Crippen LogP contribution in [0.2, 0.25) is 0 Å². The van der Waals surface area contributed by atoms with E-state index in [4.69, 9.17) is 4.74 Å². The lowest BCUT2D eigenvalue weighted by Gasteiger charge is -2.20. The molecule has 0 saturated heterocycles. The van der Waals surface area contributed by atoms with Crippen molar-refractivity contribution in [2.75, 3.05) is 13.3 Å². The van der Waals surface area contributed by atoms with E-state index in [2.05, 4.69) is 60.1 Å². The molecule has 1 aliphatic rings. The van der Waals surface area contributed by atoms with Crippen LogP contribution in [0, 0.1) is 0 Å². The third-order valence-electron chi connectivity index (χ3n) is 3.78. The van der Waals surface area contributed by atoms with Gasteiger partial charge in [0.25, 0.3) is 0 Å². The number of hydrogen-bond donors (Lipinski definition) is 1. The summed E-state index contributed by atoms with van der Waals surface area (Å²) < 4.78 is 5.82. The van der Waals surface area contributed by atoms with E-state index in [1.54, 1.807) is 11.8 Å². The molecule has 2 aromatic carbocycles. The average Bonchev–Trinajstić information content (AvgIpc) is 3.34. The van der Waals surface area contributed by atoms with Crippen molar-refractivity contribution < 1.29 is 4.74 Å². The summed E-state index contributed by atoms with van der Waals surface area (Å²) >= 11 is 1.79. The highest BCUT2D eigenvalue weighted by atomic mass is 32.2. The predicted octanol–water partition coefficient (Wildman–Crippen LogP) is 4.26. The molecule has 0 aliphatic heterocycles. The van der Waals surface area contributed by atoms with Gasteiger partial charge in [-0.3, -0.25) is 0 Å². The van der Waals surface area contributed by atoms with E-state index in [1.807, 2.05) is 7.05 Å². The summed E-state index contributed by atoms with van der Waals surface area (Å²) in [6.07, 6.45) is 4.97. The molecule has 2 nitrogen and oxygen atoms in total. The molecule has 1 N–H and O–H groups in total. The molecule has 0 heterocycles. The lowest BCUT2D eigenvalue weighted by Crippen LogP contribution is -2.18. The standard InChI is InChI=1S/C18H21NOS/c1-19-18(16-5-3-4-6-17(16)21-2)13-7-9-14(10-8-13)20-15-11-12-15/h3-10,15,18-19H,11-12H2,1-2H3. The molecule has 1 atom stereocenters. The molecule has 0 spiro atoms. The Morgan fingerprint density at radius 3 is 2.43 bits per heavy atom. The first kappa shape index (κ1) is 14.5. The van der Waals surface area contributed by atoms with Crippen molar-refractivity contribution >= 4 is 11.8 Å². The Morgan fingerprint density at radius 1 is 1.10 bits per heavy atom. The van der Waals surface area contributed by atoms with E-state index in [1.165, 1.54) is 28.9 Å². The van der Waals surface area contributed by atoms with Crippen LogP contribution in [0.4, 0.5) is 0 Å². The van der Waals surface area contributed by atoms with Gasteiger partial charge in [-0.25, -0.2) is 0 Å². The second-order valence-corrected chi connectivity index (χ2v) is 6.20. The van der Waals surface area contributed by atoms with Gasteiger partial charge in [-0.1, -0.05) is 30.3 Å². The molecule has 1 unspecified atom stereocenters. The zero-order valence-electron chi connectivity index (χ0n) is 12.5. The highest BCUT2D eigenvalue weighted by Crippen LogP contribution is 2.32. The van der Waals surface area contributed by atoms with Crippen molar-refractivity contribution in [3.63, 3.8) is 0 Å². The zero-order valence-corrected chi connectivity index (χ0v) is 13.3. The summed E-state index contributed by atoms with van der Waals surface area (Å²) in [4.78, 5) is 1.31. The van der Waals surface area contributed by atoms with Gasteiger partial charge < -0.3 is 10.1 Å². The van der Waals surface area contributed by atoms with Crippen molar-refractivity contribution in [2.45, 2.75) is 29.9 Å². The molecular weight excluding hydrogens is 278 g/mol. The second-order valence-electron chi connectivity index (χ2n) is 5.35. The van der Waals surface area contributed by atoms with E-state index in [-0.39, 0.29) is 6.04 Å². The van der Waals surface area contributed by atoms with Crippen LogP contribution in [0.1, 0.15) is 30.0 Å². The lowest BCUT2D eigenvalue weighted by molar-refractivity contribution is 0.303. The van der Waals surface area contributed by atoms with E-state index < -0.39 is 0 Å². The van der Waals surface area contributed by atoms with Crippen LogP contribution >= 0.6 is 11.8 Å². The van der Waals surface area contributed by atoms with Crippen LogP contribution < -0.4 is 10.1 Å². The van der Waals surface area contributed by atoms with Crippen molar-refractivity contribution in [1.82, 2.24) is 5.32 Å². The Morgan fingerprint density at radius 2 is 1.81 bits per heavy atom. The van der Waals surface area contributed by atoms with Crippen LogP contribution in [0.15, 0.2) is 53.4 Å². The van der Waals surface area contributed by atoms with Crippen molar-refractivity contribution in [3.05, 3.63) is 59.7 Å². The van der Waals surface area contributed by atoms with Gasteiger partial charge in [-0.2, -0.15) is 0 Å². The van der Waals surface area contributed by atoms with E-state index in [0.29, 0.717) is 6.10 Å². The molecule has 1 fully saturated rings. The minimum absolute atomic E-state index is 0.212. The van der Waals surface area contributed by atoms with Crippen LogP contribution in [0.5, 0.6) is 5.75 Å². The summed E-state index contributed by atoms with van der Waals surface area (Å²) in [5, 5.41) is 3.43. The molecule has 2 aromatic rings. The van der Waals surface area contributed by atoms with Gasteiger partial charge in [-0.05, 0) is 55.5 Å². The molecule has 0 amide bonds. The second kappa shape index (κ2) is 6.54. The summed E-state index contributed by atoms with van der Waals surface area (Å²) in [6, 6.07) is 17.3. The van der Waals surface area contributed by atoms with Gasteiger partial charge in [-0.15, -0.1) is 11.8 Å². The molecule has 110 valence electrons. The molecule has 1 saturated carbocycles. The molecule has 3 rings (SSSR count). The number of hydrogen-bond acceptors (Lipinski definition) is 3. The Balaban J connectivity index is 1.84. The largest absolute Gasteiger partial charge is 0.490 e. The highest BCUT2D eigenvalue weighted by molar-refractivity contribution is 7.98. The SMILES string of the molecule is CNC(c1ccc(OC2CC2)cc1)c1ccccc1SC. The first-order valence-electron chi connectivity index (χ1n) is 7.38. The van der Waals surface area contributed by atoms with Crippen LogP contribution in [0.3, 0.4) is 0 Å². The van der Waals surface area contributed by atoms with E-state index >= 15 is 0 Å². The van der Waals surface area contributed by atoms with E-state index in [0.717, 1.165) is 5.75 Å². The number of benzene rings is 2. The van der Waals surface area contributed by atoms with Gasteiger partial charge in [0.05, 0.1) is 12.1 Å². The van der Waals surface area contributed by atoms with Crippen LogP contribution in [-0.4, -0.2) is 19.4 Å². The topological polar surface area (TPSA) is 21.3 Å². The Hall–Kier alpha value is -1.45. The Bertz CT molecular complexity index is 592. The Labute approximate surface area is 130 Å². The van der Waals surface area contributed by atoms with Gasteiger partial charge in [0, 0.05) is 4.90 Å². The number of ether oxygens (including phenoxy) is 1. The van der Waals surface area contributed by atoms with Crippen LogP contribution in [-0.2, 0) is 0 Å². The third kappa shape index (κ3) is 3.42. The van der Waals surface area contributed by atoms with Crippen LogP contribution in [0.25, 0.3) is 0 Å². The Kier molecular flexibility index (Phi) is 4.51. The first-order valence-corrected chi connectivity index (χ1v) is 8.61. The molecule has 21 heavy (non-hydrogen) atoms. The fourth-order valence-electron chi connectivity index (χ4n) is 2.52. The first-order chi connectivity index (χ1) is 10.3. The fraction of sp³-hybridized carbons (Fsp3) is 0.333. The number of nitrogens with one attached hydrogen (secondary N) is 1. The monoisotopic (exact) mass is 299 g/mol. The van der Waals surface area contributed by atoms with Gasteiger partial charge in [0.15, 0.2) is 0 Å². The number of rotatable bonds is 6. The van der Waals surface area contributed by atoms with Gasteiger partial charge >= 0.3 is 0 Å². The molecule has 1 aliphatic carbocycles. The van der Waals surface area contributed by atoms with Crippen molar-refractivity contribution in [1.29, 1.82) is 0 Å². The molecular formula is C18H21NOS. The fourth-order valence-corrected chi connectivity index (χ4v) is 3.16. The van der Waals surface area contributed by atoms with E-state index in [9.17, 15) is 0 Å². The maximum Gasteiger partial charge on any atom is 0.119 e. The normalized spacial score (nSPS) is 15.7. The quantitative estimate of drug-likeness (QED) is 0.805. The summed E-state index contributed by atoms with van der Waals surface area (Å²) in [5.41, 5.74) is 2.59. The minimum atomic E-state index is 0.212. The van der Waals surface area contributed by atoms with Gasteiger partial charge in [0.1, 0.15) is 5.75 Å². The molecule has 3 heteroatoms. The average molecular weight is 299 g/mol. The maximum absolute atomic E-state index is 5.82. The van der Waals surface area contributed by atoms with Gasteiger partial charge in [0.2, 0.25) is 0 Å². The molecule has 0 aromatic heterocycles. The lowest BCUT2D eigenvalue weighted by atomic mass is 9.99. The van der Waals surface area contributed by atoms with Crippen molar-refractivity contribution in [2.24, 2.45) is 0 Å². The molecule has 0 radical (unpaired) electrons. The minimum Gasteiger partial charge on any atom is -0.490 e. The summed E-state index contributed by atoms with van der Waals surface area (Å²) in [5.74, 6) is 0.981. The smallest absolute Gasteiger partial charge is 0.119 e. The van der Waals surface area contributed by atoms with Crippen molar-refractivity contribution in [3.8, 4) is 5.75 Å². The summed E-state index contributed by atoms with van der Waals surface area (Å²) in [6.45, 7) is 0. The third-order valence-corrected chi connectivity index (χ3v) is 4.59. The molecule has 0 bridgehead atoms.